The van der Waals surface area contributed by atoms with E-state index < -0.39 is 8.07 Å². The third-order valence-corrected chi connectivity index (χ3v) is 11.3. The molecule has 5 aliphatic rings. The smallest absolute Gasteiger partial charge is 0.238 e. The predicted octanol–water partition coefficient (Wildman–Crippen LogP) is 4.49. The number of fused-ring (bicyclic) bond motifs is 6. The lowest BCUT2D eigenvalue weighted by Crippen LogP contribution is -2.48. The predicted molar refractivity (Wildman–Crippen MR) is 108 cm³/mol. The second-order valence-corrected chi connectivity index (χ2v) is 15.9. The number of allylic oxidation sites excluding steroid dienone is 2. The molecule has 1 spiro atoms. The Labute approximate surface area is 161 Å². The number of carbonyl (C=O) groups is 2. The molecule has 27 heavy (non-hydrogen) atoms. The van der Waals surface area contributed by atoms with Gasteiger partial charge >= 0.3 is 0 Å². The normalized spacial score (nSPS) is 44.1. The summed E-state index contributed by atoms with van der Waals surface area (Å²) in [5, 5.41) is 0. The van der Waals surface area contributed by atoms with Gasteiger partial charge in [0.15, 0.2) is 0 Å². The van der Waals surface area contributed by atoms with Crippen molar-refractivity contribution in [3.63, 3.8) is 0 Å². The maximum atomic E-state index is 13.8. The fourth-order valence-electron chi connectivity index (χ4n) is 8.27. The van der Waals surface area contributed by atoms with Crippen LogP contribution in [-0.4, -0.2) is 19.9 Å². The van der Waals surface area contributed by atoms with Gasteiger partial charge in [-0.1, -0.05) is 49.5 Å². The van der Waals surface area contributed by atoms with Crippen molar-refractivity contribution in [1.82, 2.24) is 0 Å². The molecule has 4 aliphatic carbocycles. The Kier molecular flexibility index (Phi) is 2.91. The van der Waals surface area contributed by atoms with Gasteiger partial charge < -0.3 is 0 Å². The molecule has 6 rings (SSSR count). The number of para-hydroxylation sites is 1. The van der Waals surface area contributed by atoms with Gasteiger partial charge in [0.1, 0.15) is 0 Å². The quantitative estimate of drug-likeness (QED) is 0.433. The van der Waals surface area contributed by atoms with E-state index in [-0.39, 0.29) is 29.1 Å². The molecule has 7 atom stereocenters. The van der Waals surface area contributed by atoms with Crippen molar-refractivity contribution in [3.8, 4) is 0 Å². The van der Waals surface area contributed by atoms with Crippen molar-refractivity contribution in [2.45, 2.75) is 44.4 Å². The van der Waals surface area contributed by atoms with E-state index in [4.69, 9.17) is 0 Å². The van der Waals surface area contributed by atoms with Crippen LogP contribution >= 0.6 is 0 Å². The van der Waals surface area contributed by atoms with Crippen LogP contribution in [0.4, 0.5) is 5.69 Å². The highest BCUT2D eigenvalue weighted by atomic mass is 28.3. The Morgan fingerprint density at radius 1 is 1.04 bits per heavy atom. The summed E-state index contributed by atoms with van der Waals surface area (Å²) in [4.78, 5) is 28.8. The summed E-state index contributed by atoms with van der Waals surface area (Å²) in [6.45, 7) is 7.38. The highest BCUT2D eigenvalue weighted by Crippen LogP contribution is 2.81. The topological polar surface area (TPSA) is 37.4 Å². The molecule has 1 aromatic rings. The second-order valence-electron chi connectivity index (χ2n) is 10.5. The second kappa shape index (κ2) is 4.83. The highest BCUT2D eigenvalue weighted by Gasteiger charge is 2.79. The van der Waals surface area contributed by atoms with E-state index in [9.17, 15) is 9.59 Å². The minimum absolute atomic E-state index is 0.0129. The van der Waals surface area contributed by atoms with Gasteiger partial charge in [-0.2, -0.15) is 0 Å². The first-order valence-corrected chi connectivity index (χ1v) is 14.1. The molecule has 5 unspecified atom stereocenters. The molecule has 3 saturated carbocycles. The number of nitrogens with zero attached hydrogens (tertiary/aromatic N) is 1. The van der Waals surface area contributed by atoms with Crippen LogP contribution in [0.2, 0.25) is 25.2 Å². The molecule has 140 valence electrons. The zero-order chi connectivity index (χ0) is 18.7. The molecule has 1 aliphatic heterocycles. The first-order chi connectivity index (χ1) is 12.9. The third kappa shape index (κ3) is 1.66. The lowest BCUT2D eigenvalue weighted by atomic mass is 9.62. The molecule has 4 bridgehead atoms. The Hall–Kier alpha value is -1.68. The van der Waals surface area contributed by atoms with Gasteiger partial charge in [0.05, 0.1) is 17.5 Å². The van der Waals surface area contributed by atoms with Crippen LogP contribution in [0.25, 0.3) is 0 Å². The van der Waals surface area contributed by atoms with Crippen molar-refractivity contribution in [2.75, 3.05) is 4.90 Å². The van der Waals surface area contributed by atoms with E-state index in [1.807, 2.05) is 30.3 Å². The van der Waals surface area contributed by atoms with Crippen molar-refractivity contribution in [2.24, 2.45) is 35.0 Å². The molecule has 1 heterocycles. The van der Waals surface area contributed by atoms with Gasteiger partial charge in [-0.3, -0.25) is 14.5 Å². The molecule has 1 aromatic carbocycles. The number of carbonyl (C=O) groups excluding carboxylic acids is 2. The Balaban J connectivity index is 1.54. The van der Waals surface area contributed by atoms with Crippen molar-refractivity contribution in [1.29, 1.82) is 0 Å². The molecular formula is C23H27NO2Si. The molecule has 0 radical (unpaired) electrons. The molecule has 2 amide bonds. The number of anilines is 1. The van der Waals surface area contributed by atoms with Crippen molar-refractivity contribution >= 4 is 25.6 Å². The average Bonchev–Trinajstić information content (AvgIpc) is 3.38. The first-order valence-electron chi connectivity index (χ1n) is 10.5. The van der Waals surface area contributed by atoms with Crippen molar-refractivity contribution < 1.29 is 9.59 Å². The SMILES string of the molecule is C[Si](C)(C)C1C2C=C3C4CCC(C4)C31[C@@H]1C(=O)N(c3ccccc3)C(=O)[C@H]21. The summed E-state index contributed by atoms with van der Waals surface area (Å²) < 4.78 is 0. The lowest BCUT2D eigenvalue weighted by Gasteiger charge is -2.47. The maximum absolute atomic E-state index is 13.8. The number of rotatable bonds is 2. The van der Waals surface area contributed by atoms with Gasteiger partial charge in [-0.25, -0.2) is 0 Å². The Morgan fingerprint density at radius 3 is 2.48 bits per heavy atom. The van der Waals surface area contributed by atoms with Crippen LogP contribution in [0, 0.1) is 35.0 Å². The molecular weight excluding hydrogens is 350 g/mol. The molecule has 0 aromatic heterocycles. The molecule has 4 fully saturated rings. The largest absolute Gasteiger partial charge is 0.274 e. The fraction of sp³-hybridized carbons (Fsp3) is 0.565. The van der Waals surface area contributed by atoms with Crippen LogP contribution in [-0.2, 0) is 9.59 Å². The average molecular weight is 378 g/mol. The Morgan fingerprint density at radius 2 is 1.78 bits per heavy atom. The van der Waals surface area contributed by atoms with Gasteiger partial charge in [0.2, 0.25) is 11.8 Å². The van der Waals surface area contributed by atoms with E-state index in [2.05, 4.69) is 25.7 Å². The molecule has 0 N–H and O–H groups in total. The standard InChI is InChI=1S/C23H27NO2Si/c1-27(2,3)20-16-12-17-13-9-10-14(11-13)23(17,20)19-18(16)21(25)24(22(19)26)15-7-5-4-6-8-15/h4-8,12-14,16,18-20H,9-11H2,1-3H3/t13?,14?,16?,18-,19+,20?,23?/m1/s1. The number of amides is 2. The molecule has 3 nitrogen and oxygen atoms in total. The summed E-state index contributed by atoms with van der Waals surface area (Å²) in [6, 6.07) is 9.59. The number of benzene rings is 1. The van der Waals surface area contributed by atoms with E-state index >= 15 is 0 Å². The minimum atomic E-state index is -1.52. The maximum Gasteiger partial charge on any atom is 0.238 e. The molecule has 4 heteroatoms. The Bertz CT molecular complexity index is 901. The number of imide groups is 1. The van der Waals surface area contributed by atoms with E-state index in [1.54, 1.807) is 5.57 Å². The number of hydrogen-bond donors (Lipinski definition) is 0. The zero-order valence-corrected chi connectivity index (χ0v) is 17.3. The van der Waals surface area contributed by atoms with Gasteiger partial charge in [-0.05, 0) is 54.7 Å². The fourth-order valence-corrected chi connectivity index (χ4v) is 11.7. The van der Waals surface area contributed by atoms with E-state index in [0.29, 0.717) is 23.3 Å². The van der Waals surface area contributed by atoms with Crippen LogP contribution in [0.3, 0.4) is 0 Å². The summed E-state index contributed by atoms with van der Waals surface area (Å²) in [5.74, 6) is 1.57. The summed E-state index contributed by atoms with van der Waals surface area (Å²) in [5.41, 5.74) is 2.94. The highest BCUT2D eigenvalue weighted by molar-refractivity contribution is 6.78. The van der Waals surface area contributed by atoms with Gasteiger partial charge in [0.25, 0.3) is 0 Å². The zero-order valence-electron chi connectivity index (χ0n) is 16.3. The number of hydrogen-bond acceptors (Lipinski definition) is 2. The minimum Gasteiger partial charge on any atom is -0.274 e. The van der Waals surface area contributed by atoms with Crippen molar-refractivity contribution in [3.05, 3.63) is 42.0 Å². The molecule has 1 saturated heterocycles. The van der Waals surface area contributed by atoms with Crippen LogP contribution in [0.5, 0.6) is 0 Å². The summed E-state index contributed by atoms with van der Waals surface area (Å²) in [7, 11) is -1.52. The summed E-state index contributed by atoms with van der Waals surface area (Å²) >= 11 is 0. The van der Waals surface area contributed by atoms with E-state index in [1.165, 1.54) is 24.2 Å². The lowest BCUT2D eigenvalue weighted by molar-refractivity contribution is -0.124. The van der Waals surface area contributed by atoms with Crippen LogP contribution in [0.15, 0.2) is 42.0 Å². The van der Waals surface area contributed by atoms with Crippen LogP contribution in [0.1, 0.15) is 19.3 Å². The summed E-state index contributed by atoms with van der Waals surface area (Å²) in [6.07, 6.45) is 6.32. The van der Waals surface area contributed by atoms with Gasteiger partial charge in [0, 0.05) is 13.5 Å². The van der Waals surface area contributed by atoms with E-state index in [0.717, 1.165) is 5.69 Å². The first kappa shape index (κ1) is 16.3. The van der Waals surface area contributed by atoms with Gasteiger partial charge in [-0.15, -0.1) is 0 Å². The monoisotopic (exact) mass is 377 g/mol. The third-order valence-electron chi connectivity index (χ3n) is 8.55. The van der Waals surface area contributed by atoms with Crippen LogP contribution < -0.4 is 4.90 Å².